The van der Waals surface area contributed by atoms with E-state index in [4.69, 9.17) is 14.7 Å². The van der Waals surface area contributed by atoms with Gasteiger partial charge in [-0.2, -0.15) is 0 Å². The van der Waals surface area contributed by atoms with Crippen molar-refractivity contribution >= 4 is 22.8 Å². The van der Waals surface area contributed by atoms with Crippen molar-refractivity contribution in [3.63, 3.8) is 0 Å². The van der Waals surface area contributed by atoms with Crippen molar-refractivity contribution in [3.8, 4) is 0 Å². The van der Waals surface area contributed by atoms with E-state index in [0.717, 1.165) is 0 Å². The highest BCUT2D eigenvalue weighted by molar-refractivity contribution is 7.52. The van der Waals surface area contributed by atoms with Crippen LogP contribution in [0.15, 0.2) is 0 Å². The summed E-state index contributed by atoms with van der Waals surface area (Å²) in [5, 5.41) is 0. The fourth-order valence-electron chi connectivity index (χ4n) is 0.892. The first-order valence-electron chi connectivity index (χ1n) is 3.59. The molecule has 0 heterocycles. The predicted octanol–water partition coefficient (Wildman–Crippen LogP) is -3.20. The smallest absolute Gasteiger partial charge is 0.146 e. The second-order valence-electron chi connectivity index (χ2n) is 3.01. The Bertz CT molecular complexity index is 305. The van der Waals surface area contributed by atoms with Crippen molar-refractivity contribution in [2.75, 3.05) is 18.9 Å². The molecule has 3 unspecified atom stereocenters. The normalized spacial score (nSPS) is 23.4. The van der Waals surface area contributed by atoms with E-state index in [1.807, 2.05) is 0 Å². The lowest BCUT2D eigenvalue weighted by atomic mass is 11.0. The monoisotopic (exact) mass is 296 g/mol. The van der Waals surface area contributed by atoms with E-state index in [2.05, 4.69) is 0 Å². The van der Waals surface area contributed by atoms with Gasteiger partial charge in [0.05, 0.1) is 18.9 Å². The predicted molar refractivity (Wildman–Crippen MR) is 45.9 cm³/mol. The third kappa shape index (κ3) is 10.9. The minimum atomic E-state index is -4.96. The zero-order chi connectivity index (χ0) is 13.2. The van der Waals surface area contributed by atoms with Gasteiger partial charge in [0.1, 0.15) is 22.8 Å². The van der Waals surface area contributed by atoms with Gasteiger partial charge in [-0.3, -0.25) is 4.90 Å². The summed E-state index contributed by atoms with van der Waals surface area (Å²) >= 11 is 0. The van der Waals surface area contributed by atoms with E-state index >= 15 is 0 Å². The third-order valence-electron chi connectivity index (χ3n) is 1.14. The van der Waals surface area contributed by atoms with Crippen molar-refractivity contribution in [1.29, 1.82) is 0 Å². The summed E-state index contributed by atoms with van der Waals surface area (Å²) in [5.41, 5.74) is 0. The Morgan fingerprint density at radius 1 is 0.750 bits per heavy atom. The van der Waals surface area contributed by atoms with Gasteiger partial charge in [0.25, 0.3) is 0 Å². The average molecular weight is 296 g/mol. The third-order valence-corrected chi connectivity index (χ3v) is 3.41. The van der Waals surface area contributed by atoms with E-state index < -0.39 is 41.6 Å². The fourth-order valence-corrected chi connectivity index (χ4v) is 3.48. The topological polar surface area (TPSA) is 184 Å². The summed E-state index contributed by atoms with van der Waals surface area (Å²) in [6.45, 7) is 0. The molecular formula is C3H9NO9P3-3. The molecule has 0 saturated carbocycles. The highest BCUT2D eigenvalue weighted by Crippen LogP contribution is 2.40. The first kappa shape index (κ1) is 16.4. The molecule has 10 nitrogen and oxygen atoms in total. The first-order valence-corrected chi connectivity index (χ1v) is 8.88. The van der Waals surface area contributed by atoms with Crippen LogP contribution in [-0.4, -0.2) is 38.4 Å². The molecule has 0 fully saturated rings. The van der Waals surface area contributed by atoms with Crippen LogP contribution in [0.25, 0.3) is 0 Å². The van der Waals surface area contributed by atoms with Gasteiger partial charge in [-0.15, -0.1) is 0 Å². The molecule has 13 heteroatoms. The van der Waals surface area contributed by atoms with Crippen LogP contribution in [0.5, 0.6) is 0 Å². The second-order valence-corrected chi connectivity index (χ2v) is 7.68. The molecule has 0 amide bonds. The maximum Gasteiger partial charge on any atom is 0.146 e. The maximum atomic E-state index is 10.4. The molecule has 3 N–H and O–H groups in total. The number of hydrogen-bond donors (Lipinski definition) is 3. The molecule has 0 saturated heterocycles. The van der Waals surface area contributed by atoms with Crippen LogP contribution in [0.3, 0.4) is 0 Å². The standard InChI is InChI=1S/C3H12NO9P3/c5-14(6,7)1-4(2-15(8,9)10)3-16(11,12)13/h1-3H2,(H2,5,6,7)(H2,8,9,10)(H2,11,12,13)/p-3. The van der Waals surface area contributed by atoms with Crippen LogP contribution < -0.4 is 14.7 Å². The van der Waals surface area contributed by atoms with E-state index in [-0.39, 0.29) is 4.90 Å². The van der Waals surface area contributed by atoms with Crippen molar-refractivity contribution in [2.24, 2.45) is 0 Å². The molecule has 0 bridgehead atoms. The zero-order valence-electron chi connectivity index (χ0n) is 7.70. The van der Waals surface area contributed by atoms with E-state index in [1.54, 1.807) is 0 Å². The Labute approximate surface area is 90.4 Å². The fraction of sp³-hybridized carbons (Fsp3) is 1.00. The van der Waals surface area contributed by atoms with Crippen molar-refractivity contribution < 1.29 is 43.1 Å². The molecular weight excluding hydrogens is 287 g/mol. The molecule has 0 aliphatic carbocycles. The van der Waals surface area contributed by atoms with Gasteiger partial charge < -0.3 is 43.1 Å². The summed E-state index contributed by atoms with van der Waals surface area (Å²) in [6, 6.07) is 0. The van der Waals surface area contributed by atoms with Crippen LogP contribution in [0, 0.1) is 0 Å². The van der Waals surface area contributed by atoms with Crippen LogP contribution in [0.2, 0.25) is 0 Å². The summed E-state index contributed by atoms with van der Waals surface area (Å²) in [5.74, 6) is 0. The molecule has 0 aromatic carbocycles. The van der Waals surface area contributed by atoms with E-state index in [0.29, 0.717) is 0 Å². The Balaban J connectivity index is 4.72. The highest BCUT2D eigenvalue weighted by atomic mass is 31.2. The first-order chi connectivity index (χ1) is 6.79. The molecule has 0 aliphatic heterocycles. The van der Waals surface area contributed by atoms with Crippen LogP contribution in [-0.2, 0) is 13.7 Å². The van der Waals surface area contributed by atoms with Gasteiger partial charge in [-0.1, -0.05) is 0 Å². The maximum absolute atomic E-state index is 10.4. The minimum Gasteiger partial charge on any atom is -0.778 e. The second kappa shape index (κ2) is 5.37. The molecule has 0 aromatic heterocycles. The molecule has 0 rings (SSSR count). The van der Waals surface area contributed by atoms with Crippen LogP contribution >= 0.6 is 22.8 Å². The molecule has 0 spiro atoms. The summed E-state index contributed by atoms with van der Waals surface area (Å²) in [7, 11) is -14.9. The Morgan fingerprint density at radius 3 is 1.06 bits per heavy atom. The zero-order valence-corrected chi connectivity index (χ0v) is 10.4. The lowest BCUT2D eigenvalue weighted by molar-refractivity contribution is -0.200. The van der Waals surface area contributed by atoms with Gasteiger partial charge >= 0.3 is 0 Å². The van der Waals surface area contributed by atoms with Gasteiger partial charge in [-0.25, -0.2) is 0 Å². The lowest BCUT2D eigenvalue weighted by Crippen LogP contribution is -2.32. The average Bonchev–Trinajstić information content (AvgIpc) is 1.70. The minimum absolute atomic E-state index is 0.148. The van der Waals surface area contributed by atoms with E-state index in [9.17, 15) is 28.4 Å². The van der Waals surface area contributed by atoms with Gasteiger partial charge in [0, 0.05) is 0 Å². The lowest BCUT2D eigenvalue weighted by Gasteiger charge is -2.33. The van der Waals surface area contributed by atoms with Gasteiger partial charge in [0.15, 0.2) is 0 Å². The molecule has 16 heavy (non-hydrogen) atoms. The number of nitrogens with zero attached hydrogens (tertiary/aromatic N) is 1. The van der Waals surface area contributed by atoms with Crippen molar-refractivity contribution in [2.45, 2.75) is 0 Å². The summed E-state index contributed by atoms with van der Waals surface area (Å²) < 4.78 is 31.2. The molecule has 0 radical (unpaired) electrons. The Morgan fingerprint density at radius 2 is 0.938 bits per heavy atom. The number of rotatable bonds is 6. The number of hydrogen-bond acceptors (Lipinski definition) is 7. The summed E-state index contributed by atoms with van der Waals surface area (Å²) in [6.07, 6.45) is -3.98. The van der Waals surface area contributed by atoms with Gasteiger partial charge in [-0.05, 0) is 0 Å². The molecule has 0 aliphatic rings. The molecule has 0 aromatic rings. The van der Waals surface area contributed by atoms with Crippen LogP contribution in [0.1, 0.15) is 0 Å². The molecule has 98 valence electrons. The largest absolute Gasteiger partial charge is 0.778 e. The van der Waals surface area contributed by atoms with Crippen LogP contribution in [0.4, 0.5) is 0 Å². The Kier molecular flexibility index (Phi) is 5.51. The highest BCUT2D eigenvalue weighted by Gasteiger charge is 2.19. The van der Waals surface area contributed by atoms with E-state index in [1.165, 1.54) is 0 Å². The van der Waals surface area contributed by atoms with Crippen molar-refractivity contribution in [1.82, 2.24) is 4.90 Å². The molecule has 3 atom stereocenters. The SMILES string of the molecule is O=P([O-])(O)CN(CP(=O)([O-])O)CP(=O)([O-])O. The summed E-state index contributed by atoms with van der Waals surface area (Å²) in [4.78, 5) is 56.6. The van der Waals surface area contributed by atoms with Gasteiger partial charge in [0.2, 0.25) is 0 Å². The van der Waals surface area contributed by atoms with Crippen molar-refractivity contribution in [3.05, 3.63) is 0 Å². The quantitative estimate of drug-likeness (QED) is 0.421. The Hall–Kier alpha value is 0.410.